The highest BCUT2D eigenvalue weighted by atomic mass is 16.5. The zero-order chi connectivity index (χ0) is 11.1. The van der Waals surface area contributed by atoms with Crippen molar-refractivity contribution in [1.82, 2.24) is 0 Å². The molecule has 0 aliphatic carbocycles. The Morgan fingerprint density at radius 1 is 1.53 bits per heavy atom. The number of anilines is 1. The van der Waals surface area contributed by atoms with Crippen molar-refractivity contribution in [1.29, 1.82) is 0 Å². The quantitative estimate of drug-likeness (QED) is 0.292. The Kier molecular flexibility index (Phi) is 4.43. The third-order valence-corrected chi connectivity index (χ3v) is 1.91. The van der Waals surface area contributed by atoms with Gasteiger partial charge in [0.2, 0.25) is 0 Å². The van der Waals surface area contributed by atoms with E-state index in [0.29, 0.717) is 13.2 Å². The van der Waals surface area contributed by atoms with Crippen LogP contribution in [0, 0.1) is 0 Å². The molecule has 0 aromatic heterocycles. The lowest BCUT2D eigenvalue weighted by atomic mass is 10.2. The predicted molar refractivity (Wildman–Crippen MR) is 59.1 cm³/mol. The van der Waals surface area contributed by atoms with E-state index in [4.69, 9.17) is 15.7 Å². The standard InChI is InChI=1S/C10H15N3O2/c1-15-7-8-4-2-3-5-9(8)12-6-10(11)13-14/h2-5,12,14H,6-7H2,1H3,(H2,11,13). The number of amidine groups is 1. The van der Waals surface area contributed by atoms with Gasteiger partial charge in [-0.3, -0.25) is 0 Å². The Hall–Kier alpha value is -1.75. The third kappa shape index (κ3) is 3.47. The number of methoxy groups -OCH3 is 1. The van der Waals surface area contributed by atoms with Crippen LogP contribution in [0.5, 0.6) is 0 Å². The molecule has 15 heavy (non-hydrogen) atoms. The minimum absolute atomic E-state index is 0.141. The molecule has 1 aromatic rings. The summed E-state index contributed by atoms with van der Waals surface area (Å²) in [5.41, 5.74) is 7.31. The van der Waals surface area contributed by atoms with Crippen LogP contribution in [0.1, 0.15) is 5.56 Å². The first-order valence-electron chi connectivity index (χ1n) is 4.55. The van der Waals surface area contributed by atoms with E-state index >= 15 is 0 Å². The smallest absolute Gasteiger partial charge is 0.158 e. The number of ether oxygens (including phenoxy) is 1. The number of para-hydroxylation sites is 1. The Balaban J connectivity index is 2.66. The number of nitrogens with one attached hydrogen (secondary N) is 1. The van der Waals surface area contributed by atoms with Gasteiger partial charge < -0.3 is 21.0 Å². The Morgan fingerprint density at radius 3 is 2.93 bits per heavy atom. The molecule has 0 amide bonds. The number of nitrogens with two attached hydrogens (primary N) is 1. The normalized spacial score (nSPS) is 11.4. The minimum atomic E-state index is 0.141. The molecule has 1 aromatic carbocycles. The number of hydrogen-bond donors (Lipinski definition) is 3. The zero-order valence-corrected chi connectivity index (χ0v) is 8.60. The van der Waals surface area contributed by atoms with E-state index in [1.54, 1.807) is 7.11 Å². The Labute approximate surface area is 88.5 Å². The van der Waals surface area contributed by atoms with Gasteiger partial charge in [0.1, 0.15) is 0 Å². The number of benzene rings is 1. The van der Waals surface area contributed by atoms with Gasteiger partial charge in [0.15, 0.2) is 5.84 Å². The molecule has 82 valence electrons. The molecule has 4 N–H and O–H groups in total. The largest absolute Gasteiger partial charge is 0.409 e. The van der Waals surface area contributed by atoms with E-state index in [0.717, 1.165) is 11.3 Å². The van der Waals surface area contributed by atoms with Crippen LogP contribution < -0.4 is 11.1 Å². The average Bonchev–Trinajstić information content (AvgIpc) is 2.28. The lowest BCUT2D eigenvalue weighted by molar-refractivity contribution is 0.185. The number of nitrogens with zero attached hydrogens (tertiary/aromatic N) is 1. The van der Waals surface area contributed by atoms with Gasteiger partial charge >= 0.3 is 0 Å². The van der Waals surface area contributed by atoms with Crippen molar-refractivity contribution in [2.24, 2.45) is 10.9 Å². The number of hydrogen-bond acceptors (Lipinski definition) is 4. The maximum Gasteiger partial charge on any atom is 0.158 e. The van der Waals surface area contributed by atoms with Crippen LogP contribution in [0.15, 0.2) is 29.4 Å². The summed E-state index contributed by atoms with van der Waals surface area (Å²) in [5.74, 6) is 0.141. The van der Waals surface area contributed by atoms with E-state index in [2.05, 4.69) is 10.5 Å². The van der Waals surface area contributed by atoms with Crippen molar-refractivity contribution < 1.29 is 9.94 Å². The van der Waals surface area contributed by atoms with Gasteiger partial charge in [0, 0.05) is 18.4 Å². The summed E-state index contributed by atoms with van der Waals surface area (Å²) in [6, 6.07) is 7.72. The summed E-state index contributed by atoms with van der Waals surface area (Å²) in [4.78, 5) is 0. The highest BCUT2D eigenvalue weighted by molar-refractivity contribution is 5.84. The van der Waals surface area contributed by atoms with Gasteiger partial charge in [-0.05, 0) is 6.07 Å². The summed E-state index contributed by atoms with van der Waals surface area (Å²) >= 11 is 0. The molecule has 0 heterocycles. The molecule has 5 nitrogen and oxygen atoms in total. The monoisotopic (exact) mass is 209 g/mol. The molecular formula is C10H15N3O2. The molecule has 0 aliphatic rings. The minimum Gasteiger partial charge on any atom is -0.409 e. The van der Waals surface area contributed by atoms with Crippen LogP contribution in [-0.4, -0.2) is 24.7 Å². The zero-order valence-electron chi connectivity index (χ0n) is 8.60. The van der Waals surface area contributed by atoms with Gasteiger partial charge in [-0.1, -0.05) is 23.4 Å². The third-order valence-electron chi connectivity index (χ3n) is 1.91. The van der Waals surface area contributed by atoms with Crippen molar-refractivity contribution >= 4 is 11.5 Å². The second-order valence-electron chi connectivity index (χ2n) is 3.04. The first-order chi connectivity index (χ1) is 7.27. The Morgan fingerprint density at radius 2 is 2.27 bits per heavy atom. The second-order valence-corrected chi connectivity index (χ2v) is 3.04. The number of rotatable bonds is 5. The second kappa shape index (κ2) is 5.87. The molecular weight excluding hydrogens is 194 g/mol. The van der Waals surface area contributed by atoms with Crippen LogP contribution in [-0.2, 0) is 11.3 Å². The van der Waals surface area contributed by atoms with Crippen LogP contribution >= 0.6 is 0 Å². The van der Waals surface area contributed by atoms with Gasteiger partial charge in [0.25, 0.3) is 0 Å². The molecule has 0 bridgehead atoms. The molecule has 0 unspecified atom stereocenters. The van der Waals surface area contributed by atoms with Crippen LogP contribution in [0.3, 0.4) is 0 Å². The van der Waals surface area contributed by atoms with E-state index in [1.807, 2.05) is 24.3 Å². The van der Waals surface area contributed by atoms with Crippen molar-refractivity contribution in [3.05, 3.63) is 29.8 Å². The molecule has 0 saturated heterocycles. The number of oxime groups is 1. The maximum atomic E-state index is 8.38. The summed E-state index contributed by atoms with van der Waals surface area (Å²) in [5, 5.41) is 14.3. The maximum absolute atomic E-state index is 8.38. The van der Waals surface area contributed by atoms with Crippen LogP contribution in [0.2, 0.25) is 0 Å². The molecule has 0 spiro atoms. The molecule has 0 saturated carbocycles. The molecule has 1 rings (SSSR count). The molecule has 5 heteroatoms. The predicted octanol–water partition coefficient (Wildman–Crippen LogP) is 0.991. The van der Waals surface area contributed by atoms with Gasteiger partial charge in [0.05, 0.1) is 13.2 Å². The first-order valence-corrected chi connectivity index (χ1v) is 4.55. The van der Waals surface area contributed by atoms with Crippen molar-refractivity contribution in [2.75, 3.05) is 19.0 Å². The summed E-state index contributed by atoms with van der Waals surface area (Å²) in [6.07, 6.45) is 0. The van der Waals surface area contributed by atoms with Crippen molar-refractivity contribution in [2.45, 2.75) is 6.61 Å². The lowest BCUT2D eigenvalue weighted by Crippen LogP contribution is -2.23. The molecule has 0 atom stereocenters. The molecule has 0 fully saturated rings. The van der Waals surface area contributed by atoms with Crippen LogP contribution in [0.25, 0.3) is 0 Å². The summed E-state index contributed by atoms with van der Waals surface area (Å²) in [6.45, 7) is 0.830. The fraction of sp³-hybridized carbons (Fsp3) is 0.300. The van der Waals surface area contributed by atoms with Gasteiger partial charge in [-0.25, -0.2) is 0 Å². The van der Waals surface area contributed by atoms with Gasteiger partial charge in [-0.2, -0.15) is 0 Å². The SMILES string of the molecule is COCc1ccccc1NCC(N)=NO. The highest BCUT2D eigenvalue weighted by Crippen LogP contribution is 2.15. The fourth-order valence-corrected chi connectivity index (χ4v) is 1.20. The Bertz CT molecular complexity index is 339. The summed E-state index contributed by atoms with van der Waals surface area (Å²) in [7, 11) is 1.64. The molecule has 0 aliphatic heterocycles. The highest BCUT2D eigenvalue weighted by Gasteiger charge is 2.01. The summed E-state index contributed by atoms with van der Waals surface area (Å²) < 4.78 is 5.05. The van der Waals surface area contributed by atoms with E-state index in [9.17, 15) is 0 Å². The fourth-order valence-electron chi connectivity index (χ4n) is 1.20. The topological polar surface area (TPSA) is 79.9 Å². The van der Waals surface area contributed by atoms with Gasteiger partial charge in [-0.15, -0.1) is 0 Å². The van der Waals surface area contributed by atoms with E-state index < -0.39 is 0 Å². The van der Waals surface area contributed by atoms with E-state index in [1.165, 1.54) is 0 Å². The van der Waals surface area contributed by atoms with Crippen molar-refractivity contribution in [3.63, 3.8) is 0 Å². The lowest BCUT2D eigenvalue weighted by Gasteiger charge is -2.10. The molecule has 0 radical (unpaired) electrons. The van der Waals surface area contributed by atoms with Crippen molar-refractivity contribution in [3.8, 4) is 0 Å². The van der Waals surface area contributed by atoms with E-state index in [-0.39, 0.29) is 5.84 Å². The first kappa shape index (κ1) is 11.3. The van der Waals surface area contributed by atoms with Crippen LogP contribution in [0.4, 0.5) is 5.69 Å². The average molecular weight is 209 g/mol.